The first-order valence-corrected chi connectivity index (χ1v) is 4.90. The Balaban J connectivity index is 0. The number of hydrogen-bond donors (Lipinski definition) is 3. The van der Waals surface area contributed by atoms with Crippen LogP contribution in [0.2, 0.25) is 0 Å². The minimum absolute atomic E-state index is 0. The van der Waals surface area contributed by atoms with Gasteiger partial charge in [0.15, 0.2) is 11.1 Å². The van der Waals surface area contributed by atoms with Gasteiger partial charge in [0.1, 0.15) is 5.37 Å². The Morgan fingerprint density at radius 3 is 2.54 bits per heavy atom. The topological polar surface area (TPSA) is 92.4 Å². The molecule has 0 fully saturated rings. The Morgan fingerprint density at radius 2 is 2.23 bits per heavy atom. The number of urea groups is 1. The van der Waals surface area contributed by atoms with Crippen molar-refractivity contribution in [1.29, 1.82) is 0 Å². The third kappa shape index (κ3) is 8.34. The first kappa shape index (κ1) is 15.5. The van der Waals surface area contributed by atoms with Crippen LogP contribution in [0.25, 0.3) is 0 Å². The third-order valence-electron chi connectivity index (χ3n) is 1.37. The molecule has 0 aromatic rings. The first-order valence-electron chi connectivity index (χ1n) is 3.73. The van der Waals surface area contributed by atoms with Crippen LogP contribution in [-0.4, -0.2) is 20.2 Å². The number of rotatable bonds is 5. The second kappa shape index (κ2) is 8.59. The number of nitrogens with two attached hydrogens (primary N) is 1. The van der Waals surface area contributed by atoms with Crippen LogP contribution in [0, 0.1) is 0 Å². The fourth-order valence-electron chi connectivity index (χ4n) is 0.772. The zero-order valence-corrected chi connectivity index (χ0v) is 11.4. The molecule has 0 saturated heterocycles. The van der Waals surface area contributed by atoms with Crippen molar-refractivity contribution in [2.24, 2.45) is 5.73 Å². The summed E-state index contributed by atoms with van der Waals surface area (Å²) in [5, 5.41) is 1.47. The molecule has 7 heteroatoms. The molecule has 0 aromatic heterocycles. The van der Waals surface area contributed by atoms with E-state index in [1.54, 1.807) is 0 Å². The number of nitrogens with one attached hydrogen (secondary N) is 1. The van der Waals surface area contributed by atoms with Gasteiger partial charge in [0.2, 0.25) is 0 Å². The summed E-state index contributed by atoms with van der Waals surface area (Å²) in [5.41, 5.74) is 4.81. The van der Waals surface area contributed by atoms with Gasteiger partial charge in [0, 0.05) is 19.5 Å². The standard InChI is InChI=1S/C6H14N2O3S.Zn/c1-2-3-4-5(12(10)11)8-6(7)9;/h5H,2-4H2,1H3,(H,10,11)(H3,7,8,9);. The number of unbranched alkanes of at least 4 members (excludes halogenated alkanes) is 1. The predicted molar refractivity (Wildman–Crippen MR) is 46.8 cm³/mol. The maximum atomic E-state index is 10.6. The van der Waals surface area contributed by atoms with Crippen LogP contribution < -0.4 is 11.1 Å². The van der Waals surface area contributed by atoms with Gasteiger partial charge >= 0.3 is 6.03 Å². The Hall–Kier alpha value is 0.00338. The van der Waals surface area contributed by atoms with Gasteiger partial charge in [-0.2, -0.15) is 0 Å². The number of hydrogen-bond acceptors (Lipinski definition) is 2. The molecule has 0 saturated carbocycles. The van der Waals surface area contributed by atoms with Gasteiger partial charge in [-0.1, -0.05) is 19.8 Å². The smallest absolute Gasteiger partial charge is 0.313 e. The molecule has 13 heavy (non-hydrogen) atoms. The molecule has 0 aliphatic heterocycles. The van der Waals surface area contributed by atoms with E-state index in [9.17, 15) is 9.00 Å². The summed E-state index contributed by atoms with van der Waals surface area (Å²) in [4.78, 5) is 10.3. The van der Waals surface area contributed by atoms with E-state index < -0.39 is 22.5 Å². The monoisotopic (exact) mass is 258 g/mol. The molecular weight excluding hydrogens is 246 g/mol. The van der Waals surface area contributed by atoms with E-state index in [-0.39, 0.29) is 19.5 Å². The second-order valence-electron chi connectivity index (χ2n) is 2.42. The molecule has 0 radical (unpaired) electrons. The summed E-state index contributed by atoms with van der Waals surface area (Å²) in [5.74, 6) is 0. The van der Waals surface area contributed by atoms with Gasteiger partial charge in [-0.25, -0.2) is 9.00 Å². The van der Waals surface area contributed by atoms with Crippen LogP contribution in [0.3, 0.4) is 0 Å². The molecule has 0 heterocycles. The van der Waals surface area contributed by atoms with Crippen molar-refractivity contribution >= 4 is 17.1 Å². The quantitative estimate of drug-likeness (QED) is 0.493. The van der Waals surface area contributed by atoms with Crippen LogP contribution in [0.4, 0.5) is 4.79 Å². The summed E-state index contributed by atoms with van der Waals surface area (Å²) < 4.78 is 19.3. The molecule has 2 atom stereocenters. The summed E-state index contributed by atoms with van der Waals surface area (Å²) >= 11 is -2.04. The molecule has 0 rings (SSSR count). The molecule has 2 unspecified atom stereocenters. The van der Waals surface area contributed by atoms with Crippen molar-refractivity contribution in [2.45, 2.75) is 31.6 Å². The predicted octanol–water partition coefficient (Wildman–Crippen LogP) is 0.390. The maximum absolute atomic E-state index is 10.6. The van der Waals surface area contributed by atoms with Crippen LogP contribution in [0.15, 0.2) is 0 Å². The van der Waals surface area contributed by atoms with Gasteiger partial charge < -0.3 is 15.6 Å². The summed E-state index contributed by atoms with van der Waals surface area (Å²) in [6, 6.07) is -0.765. The minimum Gasteiger partial charge on any atom is -0.352 e. The Labute approximate surface area is 92.9 Å². The van der Waals surface area contributed by atoms with Crippen LogP contribution in [0.5, 0.6) is 0 Å². The Morgan fingerprint density at radius 1 is 1.69 bits per heavy atom. The maximum Gasteiger partial charge on any atom is 0.313 e. The van der Waals surface area contributed by atoms with Crippen molar-refractivity contribution in [1.82, 2.24) is 5.32 Å². The van der Waals surface area contributed by atoms with Crippen LogP contribution >= 0.6 is 0 Å². The minimum atomic E-state index is -2.04. The fraction of sp³-hybridized carbons (Fsp3) is 0.833. The van der Waals surface area contributed by atoms with Crippen molar-refractivity contribution in [2.75, 3.05) is 0 Å². The van der Waals surface area contributed by atoms with Gasteiger partial charge in [-0.3, -0.25) is 0 Å². The summed E-state index contributed by atoms with van der Waals surface area (Å²) in [6.07, 6.45) is 2.17. The normalized spacial score (nSPS) is 14.0. The number of primary amides is 1. The van der Waals surface area contributed by atoms with Crippen molar-refractivity contribution in [3.05, 3.63) is 0 Å². The van der Waals surface area contributed by atoms with Crippen LogP contribution in [-0.2, 0) is 30.6 Å². The van der Waals surface area contributed by atoms with Crippen molar-refractivity contribution in [3.63, 3.8) is 0 Å². The first-order chi connectivity index (χ1) is 5.57. The molecule has 0 bridgehead atoms. The number of carbonyl (C=O) groups excluding carboxylic acids is 1. The Kier molecular flexibility index (Phi) is 10.2. The van der Waals surface area contributed by atoms with Gasteiger partial charge in [-0.15, -0.1) is 0 Å². The largest absolute Gasteiger partial charge is 0.352 e. The van der Waals surface area contributed by atoms with Gasteiger partial charge in [0.05, 0.1) is 0 Å². The molecule has 0 aliphatic rings. The average Bonchev–Trinajstić information content (AvgIpc) is 1.96. The molecule has 74 valence electrons. The Bertz CT molecular complexity index is 179. The molecule has 0 spiro atoms. The zero-order valence-electron chi connectivity index (χ0n) is 7.66. The van der Waals surface area contributed by atoms with Gasteiger partial charge in [-0.05, 0) is 6.42 Å². The molecule has 0 aromatic carbocycles. The molecular formula is C6H14N2O3SZn. The van der Waals surface area contributed by atoms with Crippen LogP contribution in [0.1, 0.15) is 26.2 Å². The van der Waals surface area contributed by atoms with E-state index >= 15 is 0 Å². The number of amides is 2. The second-order valence-corrected chi connectivity index (χ2v) is 3.54. The SMILES string of the molecule is CCCCC(NC(N)=O)S(=O)O.[Zn]. The van der Waals surface area contributed by atoms with E-state index in [1.807, 2.05) is 6.92 Å². The summed E-state index contributed by atoms with van der Waals surface area (Å²) in [7, 11) is 0. The average molecular weight is 260 g/mol. The fourth-order valence-corrected chi connectivity index (χ4v) is 1.36. The molecule has 0 aliphatic carbocycles. The van der Waals surface area contributed by atoms with E-state index in [0.29, 0.717) is 6.42 Å². The van der Waals surface area contributed by atoms with Gasteiger partial charge in [0.25, 0.3) is 0 Å². The molecule has 2 amide bonds. The van der Waals surface area contributed by atoms with E-state index in [1.165, 1.54) is 0 Å². The van der Waals surface area contributed by atoms with E-state index in [4.69, 9.17) is 10.3 Å². The van der Waals surface area contributed by atoms with E-state index in [0.717, 1.165) is 12.8 Å². The summed E-state index contributed by atoms with van der Waals surface area (Å²) in [6.45, 7) is 1.96. The van der Waals surface area contributed by atoms with Crippen molar-refractivity contribution < 1.29 is 33.0 Å². The van der Waals surface area contributed by atoms with Crippen molar-refractivity contribution in [3.8, 4) is 0 Å². The molecule has 5 nitrogen and oxygen atoms in total. The number of carbonyl (C=O) groups is 1. The third-order valence-corrected chi connectivity index (χ3v) is 2.21. The zero-order chi connectivity index (χ0) is 9.56. The van der Waals surface area contributed by atoms with E-state index in [2.05, 4.69) is 5.32 Å². The molecule has 4 N–H and O–H groups in total.